The molecule has 0 bridgehead atoms. The van der Waals surface area contributed by atoms with Gasteiger partial charge < -0.3 is 30.1 Å². The number of piperidine rings is 1. The summed E-state index contributed by atoms with van der Waals surface area (Å²) in [5, 5.41) is 17.6. The fourth-order valence-corrected chi connectivity index (χ4v) is 3.85. The van der Waals surface area contributed by atoms with Gasteiger partial charge in [0, 0.05) is 36.9 Å². The number of nitrogens with one attached hydrogen (secondary N) is 2. The van der Waals surface area contributed by atoms with Crippen LogP contribution in [0.3, 0.4) is 0 Å². The number of guanidine groups is 1. The second-order valence-corrected chi connectivity index (χ2v) is 7.89. The van der Waals surface area contributed by atoms with Gasteiger partial charge in [-0.1, -0.05) is 6.07 Å². The molecule has 1 unspecified atom stereocenters. The lowest BCUT2D eigenvalue weighted by Crippen LogP contribution is -2.49. The van der Waals surface area contributed by atoms with E-state index < -0.39 is 6.10 Å². The van der Waals surface area contributed by atoms with E-state index in [-0.39, 0.29) is 6.54 Å². The number of hydrogen-bond acceptors (Lipinski definition) is 6. The summed E-state index contributed by atoms with van der Waals surface area (Å²) >= 11 is 0. The van der Waals surface area contributed by atoms with Crippen LogP contribution in [0.4, 0.5) is 5.82 Å². The second-order valence-electron chi connectivity index (χ2n) is 7.89. The third-order valence-electron chi connectivity index (χ3n) is 5.60. The van der Waals surface area contributed by atoms with Gasteiger partial charge in [0.2, 0.25) is 0 Å². The molecule has 174 valence electrons. The molecule has 0 radical (unpaired) electrons. The number of aliphatic hydroxyl groups is 1. The molecule has 1 atom stereocenters. The first kappa shape index (κ1) is 23.7. The molecule has 1 fully saturated rings. The van der Waals surface area contributed by atoms with Crippen molar-refractivity contribution in [3.63, 3.8) is 0 Å². The number of nitrogens with zero attached hydrogens (tertiary/aromatic N) is 3. The first-order valence-corrected chi connectivity index (χ1v) is 11.2. The number of rotatable bonds is 8. The number of aromatic nitrogens is 1. The number of benzene rings is 1. The summed E-state index contributed by atoms with van der Waals surface area (Å²) in [7, 11) is 3.19. The fourth-order valence-electron chi connectivity index (χ4n) is 3.85. The van der Waals surface area contributed by atoms with Gasteiger partial charge in [0.15, 0.2) is 5.96 Å². The van der Waals surface area contributed by atoms with E-state index in [4.69, 9.17) is 9.47 Å². The van der Waals surface area contributed by atoms with E-state index in [0.29, 0.717) is 29.1 Å². The monoisotopic (exact) mass is 441 g/mol. The van der Waals surface area contributed by atoms with Crippen LogP contribution < -0.4 is 25.0 Å². The zero-order valence-electron chi connectivity index (χ0n) is 19.5. The Kier molecular flexibility index (Phi) is 8.56. The molecule has 1 aromatic carbocycles. The fraction of sp³-hybridized carbons (Fsp3) is 0.500. The van der Waals surface area contributed by atoms with E-state index in [1.54, 1.807) is 26.4 Å². The molecule has 1 aliphatic heterocycles. The van der Waals surface area contributed by atoms with Crippen molar-refractivity contribution in [2.75, 3.05) is 45.3 Å². The summed E-state index contributed by atoms with van der Waals surface area (Å²) in [6.07, 6.45) is 1.18. The van der Waals surface area contributed by atoms with Crippen LogP contribution in [0.1, 0.15) is 37.1 Å². The Morgan fingerprint density at radius 2 is 2.00 bits per heavy atom. The van der Waals surface area contributed by atoms with Crippen molar-refractivity contribution in [1.29, 1.82) is 0 Å². The van der Waals surface area contributed by atoms with Crippen LogP contribution in [0.15, 0.2) is 41.4 Å². The minimum atomic E-state index is -0.801. The summed E-state index contributed by atoms with van der Waals surface area (Å²) in [6, 6.07) is 11.9. The van der Waals surface area contributed by atoms with Crippen molar-refractivity contribution in [2.24, 2.45) is 4.99 Å². The van der Waals surface area contributed by atoms with Crippen LogP contribution in [0.2, 0.25) is 0 Å². The Morgan fingerprint density at radius 3 is 2.66 bits per heavy atom. The van der Waals surface area contributed by atoms with Crippen LogP contribution in [0.25, 0.3) is 0 Å². The molecule has 0 aliphatic carbocycles. The SMILES string of the molecule is CCNC(=NCC(O)c1cc(OC)ccc1OC)NC1CCN(c2cccc(C)n2)CC1. The zero-order valence-corrected chi connectivity index (χ0v) is 19.5. The lowest BCUT2D eigenvalue weighted by atomic mass is 10.1. The maximum absolute atomic E-state index is 10.7. The van der Waals surface area contributed by atoms with Crippen molar-refractivity contribution < 1.29 is 14.6 Å². The number of anilines is 1. The van der Waals surface area contributed by atoms with Crippen LogP contribution in [0.5, 0.6) is 11.5 Å². The molecule has 1 aliphatic rings. The van der Waals surface area contributed by atoms with Crippen LogP contribution >= 0.6 is 0 Å². The molecular formula is C24H35N5O3. The van der Waals surface area contributed by atoms with E-state index in [1.807, 2.05) is 26.0 Å². The van der Waals surface area contributed by atoms with Gasteiger partial charge in [-0.3, -0.25) is 4.99 Å². The molecular weight excluding hydrogens is 406 g/mol. The van der Waals surface area contributed by atoms with Gasteiger partial charge in [0.1, 0.15) is 23.4 Å². The molecule has 8 heteroatoms. The average molecular weight is 442 g/mol. The van der Waals surface area contributed by atoms with E-state index in [0.717, 1.165) is 44.0 Å². The Labute approximate surface area is 190 Å². The molecule has 32 heavy (non-hydrogen) atoms. The van der Waals surface area contributed by atoms with E-state index >= 15 is 0 Å². The van der Waals surface area contributed by atoms with Gasteiger partial charge in [-0.2, -0.15) is 0 Å². The number of aliphatic imine (C=N–C) groups is 1. The maximum Gasteiger partial charge on any atom is 0.191 e. The molecule has 2 aromatic rings. The molecule has 0 amide bonds. The minimum Gasteiger partial charge on any atom is -0.497 e. The normalized spacial score (nSPS) is 15.9. The average Bonchev–Trinajstić information content (AvgIpc) is 2.82. The molecule has 1 aromatic heterocycles. The molecule has 0 spiro atoms. The van der Waals surface area contributed by atoms with Gasteiger partial charge in [0.05, 0.1) is 20.8 Å². The maximum atomic E-state index is 10.7. The van der Waals surface area contributed by atoms with Crippen molar-refractivity contribution in [2.45, 2.75) is 38.8 Å². The number of methoxy groups -OCH3 is 2. The highest BCUT2D eigenvalue weighted by molar-refractivity contribution is 5.80. The number of hydrogen-bond donors (Lipinski definition) is 3. The number of aryl methyl sites for hydroxylation is 1. The number of pyridine rings is 1. The highest BCUT2D eigenvalue weighted by Crippen LogP contribution is 2.29. The summed E-state index contributed by atoms with van der Waals surface area (Å²) in [4.78, 5) is 11.6. The third-order valence-corrected chi connectivity index (χ3v) is 5.60. The molecule has 2 heterocycles. The van der Waals surface area contributed by atoms with Gasteiger partial charge in [0.25, 0.3) is 0 Å². The zero-order chi connectivity index (χ0) is 22.9. The van der Waals surface area contributed by atoms with Crippen LogP contribution in [0, 0.1) is 6.92 Å². The molecule has 3 rings (SSSR count). The highest BCUT2D eigenvalue weighted by Gasteiger charge is 2.21. The van der Waals surface area contributed by atoms with Crippen LogP contribution in [-0.2, 0) is 0 Å². The summed E-state index contributed by atoms with van der Waals surface area (Å²) in [6.45, 7) is 6.90. The van der Waals surface area contributed by atoms with Gasteiger partial charge in [-0.05, 0) is 57.0 Å². The second kappa shape index (κ2) is 11.6. The Morgan fingerprint density at radius 1 is 1.22 bits per heavy atom. The summed E-state index contributed by atoms with van der Waals surface area (Å²) in [5.74, 6) is 3.03. The van der Waals surface area contributed by atoms with E-state index in [1.165, 1.54) is 0 Å². The highest BCUT2D eigenvalue weighted by atomic mass is 16.5. The molecule has 1 saturated heterocycles. The van der Waals surface area contributed by atoms with Crippen molar-refractivity contribution in [3.05, 3.63) is 47.7 Å². The molecule has 8 nitrogen and oxygen atoms in total. The topological polar surface area (TPSA) is 91.2 Å². The largest absolute Gasteiger partial charge is 0.497 e. The predicted molar refractivity (Wildman–Crippen MR) is 128 cm³/mol. The van der Waals surface area contributed by atoms with Crippen molar-refractivity contribution in [3.8, 4) is 11.5 Å². The molecule has 3 N–H and O–H groups in total. The van der Waals surface area contributed by atoms with E-state index in [2.05, 4.69) is 37.6 Å². The van der Waals surface area contributed by atoms with Crippen molar-refractivity contribution in [1.82, 2.24) is 15.6 Å². The first-order valence-electron chi connectivity index (χ1n) is 11.2. The minimum absolute atomic E-state index is 0.213. The van der Waals surface area contributed by atoms with Crippen molar-refractivity contribution >= 4 is 11.8 Å². The Bertz CT molecular complexity index is 897. The number of aliphatic hydroxyl groups excluding tert-OH is 1. The third kappa shape index (κ3) is 6.26. The Hall–Kier alpha value is -3.00. The van der Waals surface area contributed by atoms with Gasteiger partial charge >= 0.3 is 0 Å². The lowest BCUT2D eigenvalue weighted by molar-refractivity contribution is 0.182. The standard InChI is InChI=1S/C24H35N5O3/c1-5-25-24(26-16-21(30)20-15-19(31-3)9-10-22(20)32-4)28-18-11-13-29(14-12-18)23-8-6-7-17(2)27-23/h6-10,15,18,21,30H,5,11-14,16H2,1-4H3,(H2,25,26,28). The van der Waals surface area contributed by atoms with E-state index in [9.17, 15) is 5.11 Å². The lowest BCUT2D eigenvalue weighted by Gasteiger charge is -2.34. The molecule has 0 saturated carbocycles. The van der Waals surface area contributed by atoms with Crippen LogP contribution in [-0.4, -0.2) is 62.5 Å². The van der Waals surface area contributed by atoms with Gasteiger partial charge in [-0.25, -0.2) is 4.98 Å². The quantitative estimate of drug-likeness (QED) is 0.429. The first-order chi connectivity index (χ1) is 15.5. The summed E-state index contributed by atoms with van der Waals surface area (Å²) < 4.78 is 10.7. The summed E-state index contributed by atoms with van der Waals surface area (Å²) in [5.41, 5.74) is 1.70. The Balaban J connectivity index is 1.60. The van der Waals surface area contributed by atoms with Gasteiger partial charge in [-0.15, -0.1) is 0 Å². The smallest absolute Gasteiger partial charge is 0.191 e. The number of ether oxygens (including phenoxy) is 2. The predicted octanol–water partition coefficient (Wildman–Crippen LogP) is 2.66.